The van der Waals surface area contributed by atoms with Crippen LogP contribution in [0.3, 0.4) is 0 Å². The molecule has 0 atom stereocenters. The van der Waals surface area contributed by atoms with Gasteiger partial charge < -0.3 is 4.74 Å². The van der Waals surface area contributed by atoms with Crippen molar-refractivity contribution < 1.29 is 9.53 Å². The zero-order chi connectivity index (χ0) is 13.2. The molecule has 0 N–H and O–H groups in total. The van der Waals surface area contributed by atoms with Gasteiger partial charge in [0.1, 0.15) is 6.61 Å². The number of benzene rings is 1. The lowest BCUT2D eigenvalue weighted by Crippen LogP contribution is -2.03. The number of carbonyl (C=O) groups excluding carboxylic acids is 1. The first-order chi connectivity index (χ1) is 8.72. The van der Waals surface area contributed by atoms with E-state index >= 15 is 0 Å². The molecule has 0 fully saturated rings. The second-order valence-corrected chi connectivity index (χ2v) is 4.45. The van der Waals surface area contributed by atoms with Gasteiger partial charge in [-0.15, -0.1) is 0 Å². The predicted octanol–water partition coefficient (Wildman–Crippen LogP) is 4.21. The largest absolute Gasteiger partial charge is 0.461 e. The van der Waals surface area contributed by atoms with Gasteiger partial charge in [-0.05, 0) is 24.0 Å². The summed E-state index contributed by atoms with van der Waals surface area (Å²) in [5.41, 5.74) is 2.35. The topological polar surface area (TPSA) is 26.3 Å². The molecule has 2 heteroatoms. The first-order valence-electron chi connectivity index (χ1n) is 6.60. The molecule has 0 aliphatic carbocycles. The fraction of sp³-hybridized carbons (Fsp3) is 0.438. The fourth-order valence-corrected chi connectivity index (χ4v) is 1.77. The van der Waals surface area contributed by atoms with E-state index in [1.165, 1.54) is 25.3 Å². The smallest absolute Gasteiger partial charge is 0.302 e. The van der Waals surface area contributed by atoms with E-state index in [1.807, 2.05) is 18.2 Å². The lowest BCUT2D eigenvalue weighted by molar-refractivity contribution is -0.140. The molecular formula is C16H22O2. The van der Waals surface area contributed by atoms with Gasteiger partial charge in [-0.3, -0.25) is 4.79 Å². The van der Waals surface area contributed by atoms with Crippen molar-refractivity contribution in [2.75, 3.05) is 6.61 Å². The molecule has 0 amide bonds. The molecular weight excluding hydrogens is 224 g/mol. The molecule has 0 saturated carbocycles. The number of ether oxygens (including phenoxy) is 1. The van der Waals surface area contributed by atoms with Crippen LogP contribution < -0.4 is 0 Å². The molecule has 2 nitrogen and oxygen atoms in total. The Kier molecular flexibility index (Phi) is 6.85. The summed E-state index contributed by atoms with van der Waals surface area (Å²) in [5.74, 6) is -0.218. The van der Waals surface area contributed by atoms with Crippen molar-refractivity contribution >= 4 is 12.0 Å². The minimum Gasteiger partial charge on any atom is -0.461 e. The molecule has 1 aromatic rings. The monoisotopic (exact) mass is 246 g/mol. The molecule has 0 radical (unpaired) electrons. The van der Waals surface area contributed by atoms with Gasteiger partial charge in [0.25, 0.3) is 0 Å². The fourth-order valence-electron chi connectivity index (χ4n) is 1.77. The Balaban J connectivity index is 2.63. The lowest BCUT2D eigenvalue weighted by Gasteiger charge is -2.08. The summed E-state index contributed by atoms with van der Waals surface area (Å²) in [6.45, 7) is 4.05. The molecule has 1 rings (SSSR count). The van der Waals surface area contributed by atoms with Crippen LogP contribution in [0.2, 0.25) is 0 Å². The predicted molar refractivity (Wildman–Crippen MR) is 75.2 cm³/mol. The van der Waals surface area contributed by atoms with Crippen molar-refractivity contribution in [3.63, 3.8) is 0 Å². The van der Waals surface area contributed by atoms with Crippen molar-refractivity contribution in [3.8, 4) is 0 Å². The zero-order valence-corrected chi connectivity index (χ0v) is 11.3. The van der Waals surface area contributed by atoms with Gasteiger partial charge in [0.15, 0.2) is 0 Å². The maximum absolute atomic E-state index is 10.9. The highest BCUT2D eigenvalue weighted by atomic mass is 16.5. The highest BCUT2D eigenvalue weighted by molar-refractivity contribution is 5.66. The van der Waals surface area contributed by atoms with Gasteiger partial charge in [0.05, 0.1) is 0 Å². The lowest BCUT2D eigenvalue weighted by atomic mass is 10.0. The number of esters is 1. The molecule has 0 bridgehead atoms. The first kappa shape index (κ1) is 14.5. The standard InChI is InChI=1S/C16H22O2/c1-3-4-6-11-16(13-18-14(2)17)12-15-9-7-5-8-10-15/h5,7-10,12H,3-4,6,11,13H2,1-2H3/b16-12+. The average molecular weight is 246 g/mol. The van der Waals surface area contributed by atoms with Gasteiger partial charge in [-0.2, -0.15) is 0 Å². The molecule has 0 spiro atoms. The summed E-state index contributed by atoms with van der Waals surface area (Å²) < 4.78 is 5.10. The van der Waals surface area contributed by atoms with Gasteiger partial charge in [0, 0.05) is 6.92 Å². The Morgan fingerprint density at radius 2 is 1.94 bits per heavy atom. The third-order valence-corrected chi connectivity index (χ3v) is 2.73. The third-order valence-electron chi connectivity index (χ3n) is 2.73. The van der Waals surface area contributed by atoms with E-state index in [4.69, 9.17) is 4.74 Å². The SMILES string of the molecule is CCCCC/C(=C\c1ccccc1)COC(C)=O. The second kappa shape index (κ2) is 8.51. The van der Waals surface area contributed by atoms with Crippen LogP contribution in [0, 0.1) is 0 Å². The number of rotatable bonds is 7. The van der Waals surface area contributed by atoms with E-state index in [9.17, 15) is 4.79 Å². The molecule has 0 unspecified atom stereocenters. The van der Waals surface area contributed by atoms with Crippen LogP contribution in [0.4, 0.5) is 0 Å². The molecule has 0 aliphatic heterocycles. The first-order valence-corrected chi connectivity index (χ1v) is 6.60. The number of hydrogen-bond donors (Lipinski definition) is 0. The summed E-state index contributed by atoms with van der Waals surface area (Å²) >= 11 is 0. The van der Waals surface area contributed by atoms with Crippen molar-refractivity contribution in [1.82, 2.24) is 0 Å². The Labute approximate surface area is 110 Å². The number of unbranched alkanes of at least 4 members (excludes halogenated alkanes) is 2. The van der Waals surface area contributed by atoms with Crippen LogP contribution in [-0.4, -0.2) is 12.6 Å². The molecule has 0 aromatic heterocycles. The van der Waals surface area contributed by atoms with Crippen LogP contribution in [0.15, 0.2) is 35.9 Å². The van der Waals surface area contributed by atoms with Crippen LogP contribution >= 0.6 is 0 Å². The van der Waals surface area contributed by atoms with Gasteiger partial charge in [0.2, 0.25) is 0 Å². The van der Waals surface area contributed by atoms with Crippen molar-refractivity contribution in [2.24, 2.45) is 0 Å². The van der Waals surface area contributed by atoms with E-state index in [0.29, 0.717) is 6.61 Å². The van der Waals surface area contributed by atoms with Crippen molar-refractivity contribution in [3.05, 3.63) is 41.5 Å². The molecule has 98 valence electrons. The van der Waals surface area contributed by atoms with Gasteiger partial charge >= 0.3 is 5.97 Å². The zero-order valence-electron chi connectivity index (χ0n) is 11.3. The Morgan fingerprint density at radius 3 is 2.56 bits per heavy atom. The minimum atomic E-state index is -0.218. The quantitative estimate of drug-likeness (QED) is 0.532. The summed E-state index contributed by atoms with van der Waals surface area (Å²) in [4.78, 5) is 10.9. The summed E-state index contributed by atoms with van der Waals surface area (Å²) in [7, 11) is 0. The van der Waals surface area contributed by atoms with Crippen molar-refractivity contribution in [2.45, 2.75) is 39.5 Å². The van der Waals surface area contributed by atoms with Gasteiger partial charge in [-0.1, -0.05) is 56.2 Å². The molecule has 1 aromatic carbocycles. The normalized spacial score (nSPS) is 11.3. The van der Waals surface area contributed by atoms with E-state index in [2.05, 4.69) is 25.1 Å². The summed E-state index contributed by atoms with van der Waals surface area (Å²) in [6.07, 6.45) is 6.68. The molecule has 0 heterocycles. The maximum Gasteiger partial charge on any atom is 0.302 e. The van der Waals surface area contributed by atoms with E-state index < -0.39 is 0 Å². The van der Waals surface area contributed by atoms with Crippen LogP contribution in [0.25, 0.3) is 6.08 Å². The third kappa shape index (κ3) is 6.24. The number of carbonyl (C=O) groups is 1. The van der Waals surface area contributed by atoms with E-state index in [0.717, 1.165) is 18.4 Å². The van der Waals surface area contributed by atoms with E-state index in [-0.39, 0.29) is 5.97 Å². The Hall–Kier alpha value is -1.57. The van der Waals surface area contributed by atoms with Crippen LogP contribution in [0.5, 0.6) is 0 Å². The molecule has 0 saturated heterocycles. The highest BCUT2D eigenvalue weighted by Gasteiger charge is 2.01. The summed E-state index contributed by atoms with van der Waals surface area (Å²) in [5, 5.41) is 0. The Bertz CT molecular complexity index is 379. The maximum atomic E-state index is 10.9. The minimum absolute atomic E-state index is 0.218. The van der Waals surface area contributed by atoms with Crippen molar-refractivity contribution in [1.29, 1.82) is 0 Å². The van der Waals surface area contributed by atoms with E-state index in [1.54, 1.807) is 0 Å². The Morgan fingerprint density at radius 1 is 1.22 bits per heavy atom. The van der Waals surface area contributed by atoms with Crippen LogP contribution in [-0.2, 0) is 9.53 Å². The number of hydrogen-bond acceptors (Lipinski definition) is 2. The summed E-state index contributed by atoms with van der Waals surface area (Å²) in [6, 6.07) is 10.2. The second-order valence-electron chi connectivity index (χ2n) is 4.45. The van der Waals surface area contributed by atoms with Crippen LogP contribution in [0.1, 0.15) is 45.1 Å². The highest BCUT2D eigenvalue weighted by Crippen LogP contribution is 2.14. The van der Waals surface area contributed by atoms with Gasteiger partial charge in [-0.25, -0.2) is 0 Å². The molecule has 0 aliphatic rings. The average Bonchev–Trinajstić information content (AvgIpc) is 2.37. The molecule has 18 heavy (non-hydrogen) atoms.